The number of carbonyl (C=O) groups excluding carboxylic acids is 3. The zero-order chi connectivity index (χ0) is 28.1. The molecule has 2 aromatic rings. The molecule has 0 radical (unpaired) electrons. The monoisotopic (exact) mass is 556 g/mol. The molecule has 0 saturated carbocycles. The Morgan fingerprint density at radius 1 is 0.737 bits per heavy atom. The minimum Gasteiger partial charge on any atom is -0.482 e. The van der Waals surface area contributed by atoms with Crippen molar-refractivity contribution in [2.24, 2.45) is 11.5 Å². The van der Waals surface area contributed by atoms with Crippen LogP contribution in [0, 0.1) is 0 Å². The van der Waals surface area contributed by atoms with E-state index in [1.54, 1.807) is 38.1 Å². The quantitative estimate of drug-likeness (QED) is 0.239. The number of halogens is 1. The van der Waals surface area contributed by atoms with Crippen molar-refractivity contribution in [2.45, 2.75) is 53.3 Å². The van der Waals surface area contributed by atoms with Crippen LogP contribution in [-0.2, 0) is 41.7 Å². The highest BCUT2D eigenvalue weighted by Gasteiger charge is 2.07. The van der Waals surface area contributed by atoms with Gasteiger partial charge in [0, 0.05) is 13.1 Å². The summed E-state index contributed by atoms with van der Waals surface area (Å²) in [5.74, 6) is 0.557. The molecule has 11 heteroatoms. The molecule has 0 aliphatic carbocycles. The number of hydrogen-bond donors (Lipinski definition) is 2. The molecule has 0 unspecified atom stereocenters. The number of rotatable bonds is 11. The standard InChI is InChI=1S/2C11H15NO3.C5H10O2.ClH/c2*1-2-14-11(13)8-15-10-5-3-9(7-12)4-6-10;1-5(2,3)7-4-6;/h2*3-6H,2,7-8,12H2,1H3;4H,1-3H3;1H. The van der Waals surface area contributed by atoms with Crippen molar-refractivity contribution in [3.8, 4) is 11.5 Å². The molecule has 4 N–H and O–H groups in total. The molecule has 0 atom stereocenters. The number of nitrogens with two attached hydrogens (primary N) is 2. The third-order valence-electron chi connectivity index (χ3n) is 4.04. The van der Waals surface area contributed by atoms with E-state index in [0.29, 0.717) is 44.3 Å². The van der Waals surface area contributed by atoms with E-state index in [9.17, 15) is 14.4 Å². The van der Waals surface area contributed by atoms with E-state index in [4.69, 9.17) is 30.4 Å². The lowest BCUT2D eigenvalue weighted by molar-refractivity contribution is -0.146. The lowest BCUT2D eigenvalue weighted by Gasteiger charge is -2.14. The molecule has 0 amide bonds. The van der Waals surface area contributed by atoms with Crippen LogP contribution in [0.5, 0.6) is 11.5 Å². The van der Waals surface area contributed by atoms with E-state index < -0.39 is 0 Å². The van der Waals surface area contributed by atoms with Crippen molar-refractivity contribution in [1.29, 1.82) is 0 Å². The molecule has 0 fully saturated rings. The molecule has 0 aliphatic rings. The molecule has 214 valence electrons. The van der Waals surface area contributed by atoms with Crippen LogP contribution in [0.4, 0.5) is 0 Å². The van der Waals surface area contributed by atoms with E-state index in [-0.39, 0.29) is 43.2 Å². The van der Waals surface area contributed by atoms with Gasteiger partial charge in [-0.25, -0.2) is 9.59 Å². The number of hydrogen-bond acceptors (Lipinski definition) is 10. The van der Waals surface area contributed by atoms with E-state index in [1.807, 2.05) is 45.0 Å². The summed E-state index contributed by atoms with van der Waals surface area (Å²) in [5, 5.41) is 0. The van der Waals surface area contributed by atoms with Gasteiger partial charge in [0.2, 0.25) is 0 Å². The third kappa shape index (κ3) is 19.8. The SMILES string of the molecule is CC(C)(C)OC=O.CCOC(=O)COc1ccc(CN)cc1.CCOC(=O)COc1ccc(CN)cc1.Cl. The summed E-state index contributed by atoms with van der Waals surface area (Å²) in [5.41, 5.74) is 12.6. The topological polar surface area (TPSA) is 149 Å². The summed E-state index contributed by atoms with van der Waals surface area (Å²) in [7, 11) is 0. The van der Waals surface area contributed by atoms with Crippen LogP contribution in [0.3, 0.4) is 0 Å². The molecule has 0 heterocycles. The summed E-state index contributed by atoms with van der Waals surface area (Å²) >= 11 is 0. The Morgan fingerprint density at radius 2 is 1.08 bits per heavy atom. The molecular weight excluding hydrogens is 516 g/mol. The van der Waals surface area contributed by atoms with Gasteiger partial charge in [-0.05, 0) is 70.0 Å². The zero-order valence-electron chi connectivity index (χ0n) is 22.8. The van der Waals surface area contributed by atoms with E-state index in [2.05, 4.69) is 4.74 Å². The normalized spacial score (nSPS) is 9.66. The predicted octanol–water partition coefficient (Wildman–Crippen LogP) is 3.55. The van der Waals surface area contributed by atoms with Gasteiger partial charge in [-0.1, -0.05) is 24.3 Å². The first kappa shape index (κ1) is 36.8. The van der Waals surface area contributed by atoms with Gasteiger partial charge in [-0.3, -0.25) is 4.79 Å². The highest BCUT2D eigenvalue weighted by atomic mass is 35.5. The van der Waals surface area contributed by atoms with Crippen LogP contribution in [0.15, 0.2) is 48.5 Å². The molecule has 0 saturated heterocycles. The first-order valence-corrected chi connectivity index (χ1v) is 11.8. The van der Waals surface area contributed by atoms with Gasteiger partial charge in [0.1, 0.15) is 17.1 Å². The summed E-state index contributed by atoms with van der Waals surface area (Å²) < 4.78 is 24.4. The smallest absolute Gasteiger partial charge is 0.344 e. The van der Waals surface area contributed by atoms with E-state index in [1.165, 1.54) is 0 Å². The number of carbonyl (C=O) groups is 3. The third-order valence-corrected chi connectivity index (χ3v) is 4.04. The van der Waals surface area contributed by atoms with Crippen molar-refractivity contribution in [3.05, 3.63) is 59.7 Å². The maximum atomic E-state index is 11.0. The molecule has 0 aromatic heterocycles. The molecule has 0 bridgehead atoms. The lowest BCUT2D eigenvalue weighted by Crippen LogP contribution is -2.17. The van der Waals surface area contributed by atoms with Crippen molar-refractivity contribution in [3.63, 3.8) is 0 Å². The van der Waals surface area contributed by atoms with Gasteiger partial charge in [-0.15, -0.1) is 12.4 Å². The molecule has 0 aliphatic heterocycles. The highest BCUT2D eigenvalue weighted by molar-refractivity contribution is 5.85. The molecule has 10 nitrogen and oxygen atoms in total. The van der Waals surface area contributed by atoms with Crippen LogP contribution in [-0.4, -0.2) is 50.4 Å². The van der Waals surface area contributed by atoms with Gasteiger partial charge in [0.25, 0.3) is 6.47 Å². The molecule has 0 spiro atoms. The lowest BCUT2D eigenvalue weighted by atomic mass is 10.2. The first-order chi connectivity index (χ1) is 17.6. The highest BCUT2D eigenvalue weighted by Crippen LogP contribution is 2.12. The van der Waals surface area contributed by atoms with E-state index >= 15 is 0 Å². The molecular formula is C27H41ClN2O8. The van der Waals surface area contributed by atoms with E-state index in [0.717, 1.165) is 11.1 Å². The van der Waals surface area contributed by atoms with Crippen LogP contribution >= 0.6 is 12.4 Å². The summed E-state index contributed by atoms with van der Waals surface area (Å²) in [6.07, 6.45) is 0. The molecule has 2 aromatic carbocycles. The van der Waals surface area contributed by atoms with Gasteiger partial charge < -0.3 is 35.2 Å². The van der Waals surface area contributed by atoms with Crippen LogP contribution in [0.25, 0.3) is 0 Å². The fourth-order valence-corrected chi connectivity index (χ4v) is 2.28. The van der Waals surface area contributed by atoms with Crippen LogP contribution < -0.4 is 20.9 Å². The Labute approximate surface area is 231 Å². The summed E-state index contributed by atoms with van der Waals surface area (Å²) in [6, 6.07) is 14.6. The minimum absolute atomic E-state index is 0. The average molecular weight is 557 g/mol. The minimum atomic E-state index is -0.361. The van der Waals surface area contributed by atoms with Crippen molar-refractivity contribution in [1.82, 2.24) is 0 Å². The Hall–Kier alpha value is -3.34. The van der Waals surface area contributed by atoms with Crippen LogP contribution in [0.2, 0.25) is 0 Å². The fourth-order valence-electron chi connectivity index (χ4n) is 2.28. The Morgan fingerprint density at radius 3 is 1.29 bits per heavy atom. The number of esters is 2. The average Bonchev–Trinajstić information content (AvgIpc) is 2.87. The first-order valence-electron chi connectivity index (χ1n) is 11.8. The second-order valence-electron chi connectivity index (χ2n) is 8.21. The Balaban J connectivity index is 0. The maximum absolute atomic E-state index is 11.0. The molecule has 2 rings (SSSR count). The Bertz CT molecular complexity index is 835. The van der Waals surface area contributed by atoms with Crippen LogP contribution in [0.1, 0.15) is 45.7 Å². The number of ether oxygens (including phenoxy) is 5. The fraction of sp³-hybridized carbons (Fsp3) is 0.444. The van der Waals surface area contributed by atoms with Gasteiger partial charge >= 0.3 is 11.9 Å². The second kappa shape index (κ2) is 21.7. The van der Waals surface area contributed by atoms with Crippen molar-refractivity contribution >= 4 is 30.8 Å². The largest absolute Gasteiger partial charge is 0.482 e. The predicted molar refractivity (Wildman–Crippen MR) is 147 cm³/mol. The Kier molecular flexibility index (Phi) is 21.0. The number of benzene rings is 2. The second-order valence-corrected chi connectivity index (χ2v) is 8.21. The maximum Gasteiger partial charge on any atom is 0.344 e. The molecule has 38 heavy (non-hydrogen) atoms. The summed E-state index contributed by atoms with van der Waals surface area (Å²) in [6.45, 7) is 11.1. The zero-order valence-corrected chi connectivity index (χ0v) is 23.6. The van der Waals surface area contributed by atoms with Crippen molar-refractivity contribution < 1.29 is 38.1 Å². The van der Waals surface area contributed by atoms with Gasteiger partial charge in [0.05, 0.1) is 13.2 Å². The van der Waals surface area contributed by atoms with Gasteiger partial charge in [-0.2, -0.15) is 0 Å². The summed E-state index contributed by atoms with van der Waals surface area (Å²) in [4.78, 5) is 31.5. The van der Waals surface area contributed by atoms with Gasteiger partial charge in [0.15, 0.2) is 13.2 Å². The van der Waals surface area contributed by atoms with Crippen molar-refractivity contribution in [2.75, 3.05) is 26.4 Å².